The van der Waals surface area contributed by atoms with Gasteiger partial charge in [-0.1, -0.05) is 32.9 Å². The van der Waals surface area contributed by atoms with Crippen LogP contribution in [0.4, 0.5) is 0 Å². The monoisotopic (exact) mass is 239 g/mol. The zero-order valence-corrected chi connectivity index (χ0v) is 11.9. The lowest BCUT2D eigenvalue weighted by molar-refractivity contribution is 0.0791. The zero-order valence-electron chi connectivity index (χ0n) is 11.9. The van der Waals surface area contributed by atoms with E-state index in [1.54, 1.807) is 0 Å². The standard InChI is InChI=1S/C15H29NO/c1-12(2)14(4)16-9-10-17-11-15-8-6-5-7-13(15)3/h5-6,12-16H,7-11H2,1-4H3. The summed E-state index contributed by atoms with van der Waals surface area (Å²) in [6, 6.07) is 0.579. The Morgan fingerprint density at radius 3 is 2.59 bits per heavy atom. The van der Waals surface area contributed by atoms with E-state index in [4.69, 9.17) is 4.74 Å². The van der Waals surface area contributed by atoms with Gasteiger partial charge >= 0.3 is 0 Å². The van der Waals surface area contributed by atoms with Gasteiger partial charge in [-0.3, -0.25) is 0 Å². The number of hydrogen-bond donors (Lipinski definition) is 1. The maximum absolute atomic E-state index is 5.78. The van der Waals surface area contributed by atoms with Crippen LogP contribution in [0.3, 0.4) is 0 Å². The van der Waals surface area contributed by atoms with E-state index in [1.807, 2.05) is 0 Å². The summed E-state index contributed by atoms with van der Waals surface area (Å²) in [6.07, 6.45) is 7.01. The summed E-state index contributed by atoms with van der Waals surface area (Å²) in [7, 11) is 0. The molecule has 2 heteroatoms. The normalized spacial score (nSPS) is 26.4. The van der Waals surface area contributed by atoms with Crippen LogP contribution >= 0.6 is 0 Å². The van der Waals surface area contributed by atoms with E-state index in [0.29, 0.717) is 12.0 Å². The van der Waals surface area contributed by atoms with Crippen LogP contribution in [-0.4, -0.2) is 25.8 Å². The summed E-state index contributed by atoms with van der Waals surface area (Å²) in [5, 5.41) is 3.49. The van der Waals surface area contributed by atoms with Crippen molar-refractivity contribution in [3.05, 3.63) is 12.2 Å². The molecule has 0 heterocycles. The molecule has 0 spiro atoms. The fourth-order valence-electron chi connectivity index (χ4n) is 2.07. The van der Waals surface area contributed by atoms with Crippen LogP contribution in [0.2, 0.25) is 0 Å². The van der Waals surface area contributed by atoms with Crippen molar-refractivity contribution in [1.82, 2.24) is 5.32 Å². The van der Waals surface area contributed by atoms with Gasteiger partial charge in [0.25, 0.3) is 0 Å². The van der Waals surface area contributed by atoms with Crippen molar-refractivity contribution in [3.8, 4) is 0 Å². The number of ether oxygens (including phenoxy) is 1. The first-order valence-electron chi connectivity index (χ1n) is 7.07. The molecule has 0 saturated carbocycles. The Kier molecular flexibility index (Phi) is 6.83. The Morgan fingerprint density at radius 1 is 1.24 bits per heavy atom. The molecule has 0 aromatic rings. The van der Waals surface area contributed by atoms with Gasteiger partial charge in [-0.25, -0.2) is 0 Å². The van der Waals surface area contributed by atoms with Crippen molar-refractivity contribution in [2.24, 2.45) is 17.8 Å². The third-order valence-corrected chi connectivity index (χ3v) is 3.96. The van der Waals surface area contributed by atoms with Crippen molar-refractivity contribution in [2.75, 3.05) is 19.8 Å². The van der Waals surface area contributed by atoms with Gasteiger partial charge in [0.2, 0.25) is 0 Å². The molecule has 1 aliphatic rings. The lowest BCUT2D eigenvalue weighted by Crippen LogP contribution is -2.33. The summed E-state index contributed by atoms with van der Waals surface area (Å²) < 4.78 is 5.78. The van der Waals surface area contributed by atoms with Crippen molar-refractivity contribution in [2.45, 2.75) is 46.6 Å². The van der Waals surface area contributed by atoms with Crippen LogP contribution in [0.1, 0.15) is 40.5 Å². The second-order valence-corrected chi connectivity index (χ2v) is 5.74. The molecule has 100 valence electrons. The predicted molar refractivity (Wildman–Crippen MR) is 74.1 cm³/mol. The third-order valence-electron chi connectivity index (χ3n) is 3.96. The second-order valence-electron chi connectivity index (χ2n) is 5.74. The van der Waals surface area contributed by atoms with Gasteiger partial charge in [0, 0.05) is 12.6 Å². The van der Waals surface area contributed by atoms with Gasteiger partial charge in [0.1, 0.15) is 0 Å². The minimum Gasteiger partial charge on any atom is -0.380 e. The van der Waals surface area contributed by atoms with E-state index >= 15 is 0 Å². The maximum atomic E-state index is 5.78. The molecule has 1 rings (SSSR count). The summed E-state index contributed by atoms with van der Waals surface area (Å²) in [6.45, 7) is 11.8. The highest BCUT2D eigenvalue weighted by Crippen LogP contribution is 2.24. The Balaban J connectivity index is 2.02. The van der Waals surface area contributed by atoms with Gasteiger partial charge in [-0.2, -0.15) is 0 Å². The average Bonchev–Trinajstić information content (AvgIpc) is 2.30. The minimum absolute atomic E-state index is 0.579. The summed E-state index contributed by atoms with van der Waals surface area (Å²) >= 11 is 0. The van der Waals surface area contributed by atoms with Crippen LogP contribution < -0.4 is 5.32 Å². The number of nitrogens with one attached hydrogen (secondary N) is 1. The van der Waals surface area contributed by atoms with Crippen molar-refractivity contribution >= 4 is 0 Å². The van der Waals surface area contributed by atoms with Gasteiger partial charge in [0.05, 0.1) is 13.2 Å². The van der Waals surface area contributed by atoms with Crippen LogP contribution in [0, 0.1) is 17.8 Å². The number of hydrogen-bond acceptors (Lipinski definition) is 2. The molecular formula is C15H29NO. The van der Waals surface area contributed by atoms with E-state index in [0.717, 1.165) is 31.6 Å². The maximum Gasteiger partial charge on any atom is 0.0591 e. The Labute approximate surface area is 107 Å². The first-order valence-corrected chi connectivity index (χ1v) is 7.07. The van der Waals surface area contributed by atoms with E-state index in [9.17, 15) is 0 Å². The van der Waals surface area contributed by atoms with Crippen molar-refractivity contribution in [3.63, 3.8) is 0 Å². The molecule has 0 radical (unpaired) electrons. The molecule has 1 N–H and O–H groups in total. The van der Waals surface area contributed by atoms with E-state index in [2.05, 4.69) is 45.2 Å². The zero-order chi connectivity index (χ0) is 12.7. The largest absolute Gasteiger partial charge is 0.380 e. The summed E-state index contributed by atoms with van der Waals surface area (Å²) in [5.41, 5.74) is 0. The van der Waals surface area contributed by atoms with Crippen LogP contribution in [-0.2, 0) is 4.74 Å². The third kappa shape index (κ3) is 5.69. The number of allylic oxidation sites excluding steroid dienone is 2. The predicted octanol–water partition coefficient (Wildman–Crippen LogP) is 3.24. The minimum atomic E-state index is 0.579. The molecule has 2 nitrogen and oxygen atoms in total. The Bertz CT molecular complexity index is 225. The lowest BCUT2D eigenvalue weighted by atomic mass is 9.85. The molecule has 3 atom stereocenters. The van der Waals surface area contributed by atoms with E-state index in [-0.39, 0.29) is 0 Å². The highest BCUT2D eigenvalue weighted by molar-refractivity contribution is 4.93. The molecule has 0 bridgehead atoms. The molecule has 0 saturated heterocycles. The van der Waals surface area contributed by atoms with Gasteiger partial charge in [0.15, 0.2) is 0 Å². The molecule has 0 aromatic carbocycles. The molecule has 3 unspecified atom stereocenters. The summed E-state index contributed by atoms with van der Waals surface area (Å²) in [4.78, 5) is 0. The molecule has 17 heavy (non-hydrogen) atoms. The van der Waals surface area contributed by atoms with Crippen molar-refractivity contribution < 1.29 is 4.74 Å². The lowest BCUT2D eigenvalue weighted by Gasteiger charge is -2.25. The van der Waals surface area contributed by atoms with Gasteiger partial charge in [-0.15, -0.1) is 0 Å². The molecule has 0 aliphatic heterocycles. The highest BCUT2D eigenvalue weighted by atomic mass is 16.5. The van der Waals surface area contributed by atoms with Crippen molar-refractivity contribution in [1.29, 1.82) is 0 Å². The quantitative estimate of drug-likeness (QED) is 0.544. The smallest absolute Gasteiger partial charge is 0.0591 e. The summed E-state index contributed by atoms with van der Waals surface area (Å²) in [5.74, 6) is 2.20. The SMILES string of the molecule is CC(C)C(C)NCCOCC1CC=CCC1C. The number of rotatable bonds is 7. The second kappa shape index (κ2) is 7.88. The first-order chi connectivity index (χ1) is 8.11. The van der Waals surface area contributed by atoms with E-state index < -0.39 is 0 Å². The first kappa shape index (κ1) is 14.7. The molecule has 0 amide bonds. The van der Waals surface area contributed by atoms with Crippen LogP contribution in [0.15, 0.2) is 12.2 Å². The molecule has 0 aromatic heterocycles. The topological polar surface area (TPSA) is 21.3 Å². The van der Waals surface area contributed by atoms with Crippen LogP contribution in [0.25, 0.3) is 0 Å². The van der Waals surface area contributed by atoms with E-state index in [1.165, 1.54) is 12.8 Å². The molecular weight excluding hydrogens is 210 g/mol. The molecule has 0 fully saturated rings. The van der Waals surface area contributed by atoms with Gasteiger partial charge < -0.3 is 10.1 Å². The molecule has 1 aliphatic carbocycles. The fourth-order valence-corrected chi connectivity index (χ4v) is 2.07. The fraction of sp³-hybridized carbons (Fsp3) is 0.867. The van der Waals surface area contributed by atoms with Crippen LogP contribution in [0.5, 0.6) is 0 Å². The van der Waals surface area contributed by atoms with Gasteiger partial charge in [-0.05, 0) is 37.5 Å². The Morgan fingerprint density at radius 2 is 1.94 bits per heavy atom. The highest BCUT2D eigenvalue weighted by Gasteiger charge is 2.18. The average molecular weight is 239 g/mol. The Hall–Kier alpha value is -0.340.